The van der Waals surface area contributed by atoms with Gasteiger partial charge in [0.1, 0.15) is 12.7 Å². The summed E-state index contributed by atoms with van der Waals surface area (Å²) in [4.78, 5) is 2.52. The predicted molar refractivity (Wildman–Crippen MR) is 110 cm³/mol. The highest BCUT2D eigenvalue weighted by Gasteiger charge is 2.30. The first-order chi connectivity index (χ1) is 13.0. The Hall–Kier alpha value is -1.91. The third-order valence-electron chi connectivity index (χ3n) is 5.59. The van der Waals surface area contributed by atoms with Crippen molar-refractivity contribution in [2.75, 3.05) is 25.4 Å². The zero-order valence-electron chi connectivity index (χ0n) is 16.0. The van der Waals surface area contributed by atoms with Crippen molar-refractivity contribution in [3.05, 3.63) is 52.0 Å². The number of hydrogen-bond acceptors (Lipinski definition) is 4. The molecule has 1 unspecified atom stereocenters. The van der Waals surface area contributed by atoms with Crippen LogP contribution in [0.15, 0.2) is 30.3 Å². The van der Waals surface area contributed by atoms with Gasteiger partial charge >= 0.3 is 0 Å². The summed E-state index contributed by atoms with van der Waals surface area (Å²) in [7, 11) is 0. The molecule has 2 aliphatic heterocycles. The molecular weight excluding hydrogens is 360 g/mol. The molecule has 5 heteroatoms. The van der Waals surface area contributed by atoms with Crippen molar-refractivity contribution >= 4 is 17.3 Å². The predicted octanol–water partition coefficient (Wildman–Crippen LogP) is 4.77. The number of anilines is 1. The van der Waals surface area contributed by atoms with Gasteiger partial charge in [0.15, 0.2) is 11.5 Å². The van der Waals surface area contributed by atoms with Crippen LogP contribution in [-0.2, 0) is 6.54 Å². The lowest BCUT2D eigenvalue weighted by molar-refractivity contribution is 0.102. The molecule has 1 saturated heterocycles. The molecule has 0 spiro atoms. The van der Waals surface area contributed by atoms with Crippen LogP contribution in [0.3, 0.4) is 0 Å². The number of hydrogen-bond donors (Lipinski definition) is 1. The first kappa shape index (κ1) is 18.5. The van der Waals surface area contributed by atoms with E-state index in [1.54, 1.807) is 0 Å². The topological polar surface area (TPSA) is 47.7 Å². The fraction of sp³-hybridized carbons (Fsp3) is 0.455. The fourth-order valence-electron chi connectivity index (χ4n) is 4.00. The summed E-state index contributed by atoms with van der Waals surface area (Å²) in [6, 6.07) is 10.8. The van der Waals surface area contributed by atoms with Gasteiger partial charge in [-0.05, 0) is 57.3 Å². The maximum atomic E-state index is 6.40. The number of halogens is 1. The van der Waals surface area contributed by atoms with Gasteiger partial charge in [0.05, 0.1) is 10.7 Å². The molecule has 0 aromatic heterocycles. The van der Waals surface area contributed by atoms with Crippen LogP contribution < -0.4 is 15.2 Å². The van der Waals surface area contributed by atoms with Gasteiger partial charge in [-0.3, -0.25) is 4.90 Å². The Morgan fingerprint density at radius 2 is 1.85 bits per heavy atom. The van der Waals surface area contributed by atoms with Crippen molar-refractivity contribution in [3.8, 4) is 11.5 Å². The number of rotatable bonds is 3. The molecule has 2 heterocycles. The van der Waals surface area contributed by atoms with E-state index in [1.165, 1.54) is 11.1 Å². The van der Waals surface area contributed by atoms with E-state index in [1.807, 2.05) is 13.0 Å². The quantitative estimate of drug-likeness (QED) is 0.772. The van der Waals surface area contributed by atoms with Crippen LogP contribution in [0.2, 0.25) is 5.02 Å². The van der Waals surface area contributed by atoms with Crippen LogP contribution in [-0.4, -0.2) is 30.7 Å². The van der Waals surface area contributed by atoms with E-state index in [2.05, 4.69) is 36.1 Å². The Bertz CT molecular complexity index is 814. The molecular formula is C22H27ClN2O2. The average Bonchev–Trinajstić information content (AvgIpc) is 2.67. The normalized spacial score (nSPS) is 20.6. The number of nitrogen functional groups attached to an aromatic ring is 1. The highest BCUT2D eigenvalue weighted by Crippen LogP contribution is 2.48. The largest absolute Gasteiger partial charge is 0.485 e. The van der Waals surface area contributed by atoms with Crippen LogP contribution in [0.5, 0.6) is 11.5 Å². The summed E-state index contributed by atoms with van der Waals surface area (Å²) < 4.78 is 12.0. The molecule has 0 bridgehead atoms. The molecule has 0 radical (unpaired) electrons. The summed E-state index contributed by atoms with van der Waals surface area (Å²) in [5.41, 5.74) is 10.4. The standard InChI is InChI=1S/C22H27ClN2O2/c1-14-3-5-16(6-4-14)12-25-9-7-17(8-10-25)18-11-19(23)20(24)22-21(18)26-13-15(2)27-22/h3-6,11,15,17H,7-10,12-13,24H2,1-2H3. The van der Waals surface area contributed by atoms with Crippen molar-refractivity contribution < 1.29 is 9.47 Å². The lowest BCUT2D eigenvalue weighted by atomic mass is 9.88. The Labute approximate surface area is 166 Å². The molecule has 2 aliphatic rings. The zero-order valence-corrected chi connectivity index (χ0v) is 16.8. The van der Waals surface area contributed by atoms with Gasteiger partial charge < -0.3 is 15.2 Å². The molecule has 0 aliphatic carbocycles. The van der Waals surface area contributed by atoms with Gasteiger partial charge in [0, 0.05) is 12.1 Å². The van der Waals surface area contributed by atoms with Crippen molar-refractivity contribution in [1.29, 1.82) is 0 Å². The van der Waals surface area contributed by atoms with Crippen molar-refractivity contribution in [2.24, 2.45) is 0 Å². The lowest BCUT2D eigenvalue weighted by Gasteiger charge is -2.35. The number of aryl methyl sites for hydroxylation is 1. The first-order valence-electron chi connectivity index (χ1n) is 9.70. The second-order valence-corrected chi connectivity index (χ2v) is 8.20. The average molecular weight is 387 g/mol. The fourth-order valence-corrected chi connectivity index (χ4v) is 4.20. The van der Waals surface area contributed by atoms with Gasteiger partial charge in [-0.2, -0.15) is 0 Å². The Morgan fingerprint density at radius 3 is 2.56 bits per heavy atom. The SMILES string of the molecule is Cc1ccc(CN2CCC(c3cc(Cl)c(N)c4c3OCC(C)O4)CC2)cc1. The lowest BCUT2D eigenvalue weighted by Crippen LogP contribution is -2.33. The van der Waals surface area contributed by atoms with Crippen molar-refractivity contribution in [2.45, 2.75) is 45.3 Å². The number of ether oxygens (including phenoxy) is 2. The second kappa shape index (κ2) is 7.61. The van der Waals surface area contributed by atoms with Gasteiger partial charge in [-0.25, -0.2) is 0 Å². The molecule has 1 atom stereocenters. The minimum Gasteiger partial charge on any atom is -0.485 e. The number of fused-ring (bicyclic) bond motifs is 1. The number of nitrogens with two attached hydrogens (primary N) is 1. The van der Waals surface area contributed by atoms with Crippen LogP contribution in [0.25, 0.3) is 0 Å². The molecule has 0 amide bonds. The molecule has 1 fully saturated rings. The van der Waals surface area contributed by atoms with E-state index in [9.17, 15) is 0 Å². The van der Waals surface area contributed by atoms with Gasteiger partial charge in [0.2, 0.25) is 0 Å². The Kier molecular flexibility index (Phi) is 5.20. The molecule has 2 aromatic rings. The highest BCUT2D eigenvalue weighted by atomic mass is 35.5. The van der Waals surface area contributed by atoms with Crippen LogP contribution in [0.1, 0.15) is 42.4 Å². The van der Waals surface area contributed by atoms with E-state index in [0.717, 1.165) is 43.8 Å². The van der Waals surface area contributed by atoms with Crippen molar-refractivity contribution in [1.82, 2.24) is 4.90 Å². The molecule has 144 valence electrons. The highest BCUT2D eigenvalue weighted by molar-refractivity contribution is 6.33. The van der Waals surface area contributed by atoms with Crippen LogP contribution in [0.4, 0.5) is 5.69 Å². The van der Waals surface area contributed by atoms with Crippen LogP contribution in [0, 0.1) is 6.92 Å². The van der Waals surface area contributed by atoms with E-state index in [-0.39, 0.29) is 6.10 Å². The van der Waals surface area contributed by atoms with Gasteiger partial charge in [0.25, 0.3) is 0 Å². The van der Waals surface area contributed by atoms with E-state index < -0.39 is 0 Å². The summed E-state index contributed by atoms with van der Waals surface area (Å²) in [5, 5.41) is 0.559. The number of benzene rings is 2. The smallest absolute Gasteiger partial charge is 0.186 e. The summed E-state index contributed by atoms with van der Waals surface area (Å²) >= 11 is 6.40. The zero-order chi connectivity index (χ0) is 19.0. The van der Waals surface area contributed by atoms with E-state index in [0.29, 0.717) is 29.0 Å². The van der Waals surface area contributed by atoms with Crippen molar-refractivity contribution in [3.63, 3.8) is 0 Å². The minimum atomic E-state index is -0.0116. The third kappa shape index (κ3) is 3.87. The molecule has 2 aromatic carbocycles. The number of likely N-dealkylation sites (tertiary alicyclic amines) is 1. The second-order valence-electron chi connectivity index (χ2n) is 7.80. The molecule has 2 N–H and O–H groups in total. The molecule has 0 saturated carbocycles. The van der Waals surface area contributed by atoms with E-state index in [4.69, 9.17) is 26.8 Å². The Balaban J connectivity index is 1.47. The summed E-state index contributed by atoms with van der Waals surface area (Å²) in [5.74, 6) is 1.84. The molecule has 4 rings (SSSR count). The van der Waals surface area contributed by atoms with Gasteiger partial charge in [-0.15, -0.1) is 0 Å². The monoisotopic (exact) mass is 386 g/mol. The maximum Gasteiger partial charge on any atom is 0.186 e. The summed E-state index contributed by atoms with van der Waals surface area (Å²) in [6.07, 6.45) is 2.15. The molecule has 27 heavy (non-hydrogen) atoms. The maximum absolute atomic E-state index is 6.40. The molecule has 4 nitrogen and oxygen atoms in total. The number of nitrogens with zero attached hydrogens (tertiary/aromatic N) is 1. The van der Waals surface area contributed by atoms with Crippen LogP contribution >= 0.6 is 11.6 Å². The first-order valence-corrected chi connectivity index (χ1v) is 10.1. The Morgan fingerprint density at radius 1 is 1.15 bits per heavy atom. The van der Waals surface area contributed by atoms with E-state index >= 15 is 0 Å². The summed E-state index contributed by atoms with van der Waals surface area (Å²) in [6.45, 7) is 7.78. The minimum absolute atomic E-state index is 0.0116. The van der Waals surface area contributed by atoms with Gasteiger partial charge in [-0.1, -0.05) is 41.4 Å². The third-order valence-corrected chi connectivity index (χ3v) is 5.90. The number of piperidine rings is 1.